The summed E-state index contributed by atoms with van der Waals surface area (Å²) in [7, 11) is -2.25. The molecule has 1 amide bonds. The van der Waals surface area contributed by atoms with E-state index in [9.17, 15) is 13.2 Å². The van der Waals surface area contributed by atoms with Gasteiger partial charge in [0, 0.05) is 38.3 Å². The van der Waals surface area contributed by atoms with Crippen molar-refractivity contribution in [2.24, 2.45) is 0 Å². The van der Waals surface area contributed by atoms with Crippen LogP contribution in [0.5, 0.6) is 5.75 Å². The number of nitrogens with zero attached hydrogens (tertiary/aromatic N) is 2. The Morgan fingerprint density at radius 3 is 2.50 bits per heavy atom. The number of carbonyl (C=O) groups is 1. The highest BCUT2D eigenvalue weighted by molar-refractivity contribution is 7.89. The summed E-state index contributed by atoms with van der Waals surface area (Å²) >= 11 is 0. The maximum Gasteiger partial charge on any atom is 0.255 e. The zero-order valence-electron chi connectivity index (χ0n) is 20.0. The highest BCUT2D eigenvalue weighted by Gasteiger charge is 2.31. The topological polar surface area (TPSA) is 88.2 Å². The summed E-state index contributed by atoms with van der Waals surface area (Å²) in [6, 6.07) is 12.9. The Labute approximate surface area is 201 Å². The molecule has 0 atom stereocenters. The Hall–Kier alpha value is -2.46. The number of rotatable bonds is 7. The van der Waals surface area contributed by atoms with Crippen molar-refractivity contribution in [3.63, 3.8) is 0 Å². The molecule has 0 aliphatic carbocycles. The van der Waals surface area contributed by atoms with Crippen LogP contribution >= 0.6 is 0 Å². The highest BCUT2D eigenvalue weighted by atomic mass is 32.2. The minimum atomic E-state index is -3.72. The van der Waals surface area contributed by atoms with Crippen LogP contribution in [0.1, 0.15) is 35.3 Å². The third-order valence-electron chi connectivity index (χ3n) is 6.69. The Kier molecular flexibility index (Phi) is 7.28. The van der Waals surface area contributed by atoms with E-state index >= 15 is 0 Å². The minimum absolute atomic E-state index is 0.0762. The van der Waals surface area contributed by atoms with Crippen LogP contribution in [0.3, 0.4) is 0 Å². The van der Waals surface area contributed by atoms with Crippen molar-refractivity contribution >= 4 is 15.9 Å². The van der Waals surface area contributed by atoms with E-state index in [4.69, 9.17) is 9.47 Å². The molecule has 0 aromatic heterocycles. The molecule has 9 heteroatoms. The van der Waals surface area contributed by atoms with E-state index in [1.54, 1.807) is 0 Å². The lowest BCUT2D eigenvalue weighted by Gasteiger charge is -2.41. The number of hydrogen-bond donors (Lipinski definition) is 1. The van der Waals surface area contributed by atoms with E-state index in [2.05, 4.69) is 48.3 Å². The van der Waals surface area contributed by atoms with Gasteiger partial charge in [-0.25, -0.2) is 8.42 Å². The number of amides is 1. The first-order valence-corrected chi connectivity index (χ1v) is 13.0. The smallest absolute Gasteiger partial charge is 0.255 e. The maximum atomic E-state index is 13.2. The number of carbonyl (C=O) groups excluding carboxylic acids is 1. The van der Waals surface area contributed by atoms with Gasteiger partial charge in [-0.05, 0) is 49.6 Å². The normalized spacial score (nSPS) is 17.7. The van der Waals surface area contributed by atoms with E-state index < -0.39 is 10.0 Å². The molecule has 2 heterocycles. The monoisotopic (exact) mass is 487 g/mol. The quantitative estimate of drug-likeness (QED) is 0.645. The van der Waals surface area contributed by atoms with Crippen LogP contribution in [0.15, 0.2) is 47.4 Å². The molecule has 1 N–H and O–H groups in total. The Balaban J connectivity index is 1.48. The second kappa shape index (κ2) is 10.0. The lowest BCUT2D eigenvalue weighted by molar-refractivity contribution is 0.0730. The summed E-state index contributed by atoms with van der Waals surface area (Å²) in [4.78, 5) is 15.6. The largest absolute Gasteiger partial charge is 0.496 e. The fraction of sp³-hybridized carbons (Fsp3) is 0.480. The molecule has 2 aliphatic heterocycles. The first-order chi connectivity index (χ1) is 16.2. The van der Waals surface area contributed by atoms with Gasteiger partial charge in [0.1, 0.15) is 5.75 Å². The summed E-state index contributed by atoms with van der Waals surface area (Å²) in [5.41, 5.74) is 2.61. The van der Waals surface area contributed by atoms with Crippen molar-refractivity contribution in [3.8, 4) is 5.75 Å². The summed E-state index contributed by atoms with van der Waals surface area (Å²) in [5.74, 6) is -0.0236. The molecule has 8 nitrogen and oxygen atoms in total. The number of ether oxygens (including phenoxy) is 2. The number of fused-ring (bicyclic) bond motifs is 1. The first-order valence-electron chi connectivity index (χ1n) is 11.6. The van der Waals surface area contributed by atoms with Gasteiger partial charge in [-0.3, -0.25) is 9.69 Å². The van der Waals surface area contributed by atoms with Gasteiger partial charge >= 0.3 is 0 Å². The summed E-state index contributed by atoms with van der Waals surface area (Å²) in [6.45, 7) is 7.68. The highest BCUT2D eigenvalue weighted by Crippen LogP contribution is 2.27. The Morgan fingerprint density at radius 1 is 1.09 bits per heavy atom. The number of benzene rings is 2. The second-order valence-corrected chi connectivity index (χ2v) is 11.3. The molecule has 0 saturated carbocycles. The molecule has 2 aliphatic rings. The Morgan fingerprint density at radius 2 is 1.79 bits per heavy atom. The van der Waals surface area contributed by atoms with Gasteiger partial charge in [-0.15, -0.1) is 0 Å². The van der Waals surface area contributed by atoms with Crippen LogP contribution in [-0.2, 0) is 27.7 Å². The number of sulfonamides is 1. The SMILES string of the molecule is COc1ccc(S(=O)(=O)N2CCOCC2)cc1C(=O)NCC(C)(C)N1CCc2ccccc2C1. The number of morpholine rings is 1. The Bertz CT molecular complexity index is 1140. The van der Waals surface area contributed by atoms with Crippen molar-refractivity contribution in [3.05, 3.63) is 59.2 Å². The predicted molar refractivity (Wildman–Crippen MR) is 130 cm³/mol. The zero-order valence-corrected chi connectivity index (χ0v) is 20.9. The third kappa shape index (κ3) is 5.12. The standard InChI is InChI=1S/C25H33N3O5S/c1-25(2,27-11-10-19-6-4-5-7-20(19)17-27)18-26-24(29)22-16-21(8-9-23(22)32-3)34(30,31)28-12-14-33-15-13-28/h4-9,16H,10-15,17-18H2,1-3H3,(H,26,29). The van der Waals surface area contributed by atoms with Gasteiger partial charge < -0.3 is 14.8 Å². The number of methoxy groups -OCH3 is 1. The molecule has 2 aromatic carbocycles. The van der Waals surface area contributed by atoms with E-state index in [1.165, 1.54) is 40.7 Å². The van der Waals surface area contributed by atoms with Crippen molar-refractivity contribution in [1.29, 1.82) is 0 Å². The van der Waals surface area contributed by atoms with E-state index in [0.29, 0.717) is 38.6 Å². The van der Waals surface area contributed by atoms with E-state index in [1.807, 2.05) is 0 Å². The van der Waals surface area contributed by atoms with Crippen LogP contribution in [0.4, 0.5) is 0 Å². The molecular weight excluding hydrogens is 454 g/mol. The summed E-state index contributed by atoms with van der Waals surface area (Å²) in [6.07, 6.45) is 0.975. The van der Waals surface area contributed by atoms with Crippen LogP contribution in [-0.4, -0.2) is 75.6 Å². The third-order valence-corrected chi connectivity index (χ3v) is 8.59. The average Bonchev–Trinajstić information content (AvgIpc) is 2.87. The fourth-order valence-corrected chi connectivity index (χ4v) is 5.91. The maximum absolute atomic E-state index is 13.2. The van der Waals surface area contributed by atoms with Crippen molar-refractivity contribution in [1.82, 2.24) is 14.5 Å². The molecule has 0 bridgehead atoms. The van der Waals surface area contributed by atoms with Crippen molar-refractivity contribution in [2.75, 3.05) is 46.5 Å². The van der Waals surface area contributed by atoms with Gasteiger partial charge in [-0.2, -0.15) is 4.31 Å². The van der Waals surface area contributed by atoms with Gasteiger partial charge in [0.15, 0.2) is 0 Å². The fourth-order valence-electron chi connectivity index (χ4n) is 4.48. The second-order valence-electron chi connectivity index (χ2n) is 9.31. The van der Waals surface area contributed by atoms with Crippen molar-refractivity contribution in [2.45, 2.75) is 37.2 Å². The van der Waals surface area contributed by atoms with Crippen molar-refractivity contribution < 1.29 is 22.7 Å². The van der Waals surface area contributed by atoms with Gasteiger partial charge in [-0.1, -0.05) is 24.3 Å². The number of hydrogen-bond acceptors (Lipinski definition) is 6. The molecule has 0 radical (unpaired) electrons. The van der Waals surface area contributed by atoms with Crippen LogP contribution < -0.4 is 10.1 Å². The average molecular weight is 488 g/mol. The van der Waals surface area contributed by atoms with Crippen LogP contribution in [0.2, 0.25) is 0 Å². The molecule has 184 valence electrons. The van der Waals surface area contributed by atoms with Crippen LogP contribution in [0.25, 0.3) is 0 Å². The number of nitrogens with one attached hydrogen (secondary N) is 1. The molecule has 34 heavy (non-hydrogen) atoms. The predicted octanol–water partition coefficient (Wildman–Crippen LogP) is 2.28. The van der Waals surface area contributed by atoms with Gasteiger partial charge in [0.2, 0.25) is 10.0 Å². The lowest BCUT2D eigenvalue weighted by atomic mass is 9.94. The molecule has 0 unspecified atom stereocenters. The molecular formula is C25H33N3O5S. The lowest BCUT2D eigenvalue weighted by Crippen LogP contribution is -2.53. The molecule has 0 spiro atoms. The van der Waals surface area contributed by atoms with Gasteiger partial charge in [0.25, 0.3) is 5.91 Å². The van der Waals surface area contributed by atoms with Crippen LogP contribution in [0, 0.1) is 0 Å². The van der Waals surface area contributed by atoms with E-state index in [0.717, 1.165) is 19.5 Å². The molecule has 1 fully saturated rings. The molecule has 2 aromatic rings. The molecule has 4 rings (SSSR count). The minimum Gasteiger partial charge on any atom is -0.496 e. The zero-order chi connectivity index (χ0) is 24.3. The molecule has 1 saturated heterocycles. The first kappa shape index (κ1) is 24.7. The summed E-state index contributed by atoms with van der Waals surface area (Å²) in [5, 5.41) is 3.00. The summed E-state index contributed by atoms with van der Waals surface area (Å²) < 4.78 is 38.2. The van der Waals surface area contributed by atoms with Gasteiger partial charge in [0.05, 0.1) is 30.8 Å². The van der Waals surface area contributed by atoms with E-state index in [-0.39, 0.29) is 21.9 Å².